The summed E-state index contributed by atoms with van der Waals surface area (Å²) in [7, 11) is 0. The molecule has 112 valence electrons. The molecule has 4 nitrogen and oxygen atoms in total. The Hall–Kier alpha value is -1.88. The number of aromatic nitrogens is 1. The van der Waals surface area contributed by atoms with Crippen molar-refractivity contribution >= 4 is 17.3 Å². The van der Waals surface area contributed by atoms with Crippen LogP contribution in [0.3, 0.4) is 0 Å². The van der Waals surface area contributed by atoms with Crippen molar-refractivity contribution in [1.29, 1.82) is 0 Å². The third kappa shape index (κ3) is 4.86. The monoisotopic (exact) mass is 302 g/mol. The molecule has 0 saturated heterocycles. The summed E-state index contributed by atoms with van der Waals surface area (Å²) in [5, 5.41) is 9.66. The first-order valence-corrected chi connectivity index (χ1v) is 8.23. The van der Waals surface area contributed by atoms with Crippen molar-refractivity contribution in [2.45, 2.75) is 26.8 Å². The van der Waals surface area contributed by atoms with Crippen LogP contribution in [0.25, 0.3) is 10.6 Å². The molecule has 0 spiro atoms. The number of nitrogens with zero attached hydrogens (tertiary/aromatic N) is 2. The fourth-order valence-corrected chi connectivity index (χ4v) is 2.66. The topological polar surface area (TPSA) is 49.3 Å². The van der Waals surface area contributed by atoms with Crippen LogP contribution < -0.4 is 10.6 Å². The molecule has 0 aliphatic heterocycles. The second-order valence-corrected chi connectivity index (χ2v) is 5.49. The summed E-state index contributed by atoms with van der Waals surface area (Å²) < 4.78 is 0. The number of hydrogen-bond acceptors (Lipinski definition) is 3. The van der Waals surface area contributed by atoms with Gasteiger partial charge in [-0.05, 0) is 13.3 Å². The van der Waals surface area contributed by atoms with E-state index in [4.69, 9.17) is 0 Å². The second-order valence-electron chi connectivity index (χ2n) is 4.63. The fraction of sp³-hybridized carbons (Fsp3) is 0.375. The van der Waals surface area contributed by atoms with Crippen LogP contribution in [0.4, 0.5) is 0 Å². The van der Waals surface area contributed by atoms with Crippen molar-refractivity contribution in [3.8, 4) is 10.6 Å². The molecule has 0 saturated carbocycles. The molecule has 0 radical (unpaired) electrons. The number of rotatable bonds is 6. The molecular formula is C16H22N4S. The van der Waals surface area contributed by atoms with Crippen LogP contribution in [-0.2, 0) is 6.54 Å². The largest absolute Gasteiger partial charge is 0.357 e. The van der Waals surface area contributed by atoms with Crippen LogP contribution >= 0.6 is 11.3 Å². The van der Waals surface area contributed by atoms with Crippen molar-refractivity contribution in [3.63, 3.8) is 0 Å². The maximum absolute atomic E-state index is 4.65. The molecular weight excluding hydrogens is 280 g/mol. The third-order valence-corrected chi connectivity index (χ3v) is 3.80. The predicted molar refractivity (Wildman–Crippen MR) is 90.7 cm³/mol. The van der Waals surface area contributed by atoms with Crippen LogP contribution in [0.1, 0.15) is 26.0 Å². The molecule has 0 atom stereocenters. The Bertz CT molecular complexity index is 563. The molecule has 1 heterocycles. The van der Waals surface area contributed by atoms with Crippen molar-refractivity contribution in [2.75, 3.05) is 13.1 Å². The SMILES string of the molecule is CCCNC(=NCc1csc(-c2ccccc2)n1)NCC. The zero-order chi connectivity index (χ0) is 14.9. The lowest BCUT2D eigenvalue weighted by atomic mass is 10.2. The lowest BCUT2D eigenvalue weighted by molar-refractivity contribution is 0.784. The van der Waals surface area contributed by atoms with Crippen LogP contribution in [0.15, 0.2) is 40.7 Å². The molecule has 1 aromatic heterocycles. The molecule has 2 N–H and O–H groups in total. The van der Waals surface area contributed by atoms with Crippen molar-refractivity contribution in [3.05, 3.63) is 41.4 Å². The average molecular weight is 302 g/mol. The highest BCUT2D eigenvalue weighted by Crippen LogP contribution is 2.23. The summed E-state index contributed by atoms with van der Waals surface area (Å²) in [5.74, 6) is 0.855. The summed E-state index contributed by atoms with van der Waals surface area (Å²) in [4.78, 5) is 9.22. The highest BCUT2D eigenvalue weighted by atomic mass is 32.1. The number of benzene rings is 1. The van der Waals surface area contributed by atoms with Gasteiger partial charge in [-0.1, -0.05) is 37.3 Å². The summed E-state index contributed by atoms with van der Waals surface area (Å²) in [5.41, 5.74) is 2.17. The minimum atomic E-state index is 0.600. The van der Waals surface area contributed by atoms with Crippen molar-refractivity contribution in [1.82, 2.24) is 15.6 Å². The van der Waals surface area contributed by atoms with Crippen molar-refractivity contribution in [2.24, 2.45) is 4.99 Å². The minimum absolute atomic E-state index is 0.600. The highest BCUT2D eigenvalue weighted by molar-refractivity contribution is 7.13. The van der Waals surface area contributed by atoms with Gasteiger partial charge >= 0.3 is 0 Å². The average Bonchev–Trinajstić information content (AvgIpc) is 3.00. The van der Waals surface area contributed by atoms with Gasteiger partial charge in [-0.15, -0.1) is 11.3 Å². The van der Waals surface area contributed by atoms with Gasteiger partial charge in [0.15, 0.2) is 5.96 Å². The van der Waals surface area contributed by atoms with Crippen molar-refractivity contribution < 1.29 is 0 Å². The smallest absolute Gasteiger partial charge is 0.191 e. The minimum Gasteiger partial charge on any atom is -0.357 e. The summed E-state index contributed by atoms with van der Waals surface area (Å²) in [6, 6.07) is 10.3. The maximum atomic E-state index is 4.65. The van der Waals surface area contributed by atoms with E-state index in [0.717, 1.165) is 41.7 Å². The number of aliphatic imine (C=N–C) groups is 1. The molecule has 21 heavy (non-hydrogen) atoms. The van der Waals surface area contributed by atoms with E-state index >= 15 is 0 Å². The Morgan fingerprint density at radius 1 is 1.19 bits per heavy atom. The molecule has 5 heteroatoms. The Balaban J connectivity index is 2.01. The first-order valence-electron chi connectivity index (χ1n) is 7.35. The van der Waals surface area contributed by atoms with Gasteiger partial charge < -0.3 is 10.6 Å². The van der Waals surface area contributed by atoms with Crippen LogP contribution in [0.2, 0.25) is 0 Å². The zero-order valence-corrected chi connectivity index (χ0v) is 13.4. The third-order valence-electron chi connectivity index (χ3n) is 2.86. The molecule has 0 unspecified atom stereocenters. The van der Waals surface area contributed by atoms with E-state index in [2.05, 4.69) is 52.0 Å². The van der Waals surface area contributed by atoms with Gasteiger partial charge in [-0.25, -0.2) is 9.98 Å². The number of nitrogens with one attached hydrogen (secondary N) is 2. The maximum Gasteiger partial charge on any atom is 0.191 e. The molecule has 2 rings (SSSR count). The van der Waals surface area contributed by atoms with Gasteiger partial charge in [-0.3, -0.25) is 0 Å². The van der Waals surface area contributed by atoms with E-state index in [1.165, 1.54) is 0 Å². The summed E-state index contributed by atoms with van der Waals surface area (Å²) >= 11 is 1.66. The summed E-state index contributed by atoms with van der Waals surface area (Å²) in [6.45, 7) is 6.60. The van der Waals surface area contributed by atoms with Crippen LogP contribution in [0, 0.1) is 0 Å². The predicted octanol–water partition coefficient (Wildman–Crippen LogP) is 3.28. The Labute approximate surface area is 130 Å². The van der Waals surface area contributed by atoms with E-state index in [-0.39, 0.29) is 0 Å². The van der Waals surface area contributed by atoms with Gasteiger partial charge in [0, 0.05) is 24.0 Å². The number of guanidine groups is 1. The number of thiazole rings is 1. The Kier molecular flexibility index (Phi) is 6.22. The van der Waals surface area contributed by atoms with E-state index in [1.807, 2.05) is 18.2 Å². The number of hydrogen-bond donors (Lipinski definition) is 2. The zero-order valence-electron chi connectivity index (χ0n) is 12.6. The molecule has 0 aliphatic carbocycles. The molecule has 0 fully saturated rings. The van der Waals surface area contributed by atoms with Gasteiger partial charge in [0.1, 0.15) is 5.01 Å². The fourth-order valence-electron chi connectivity index (χ4n) is 1.84. The van der Waals surface area contributed by atoms with Gasteiger partial charge in [0.05, 0.1) is 12.2 Å². The standard InChI is InChI=1S/C16H22N4S/c1-3-10-18-16(17-4-2)19-11-14-12-21-15(20-14)13-8-6-5-7-9-13/h5-9,12H,3-4,10-11H2,1-2H3,(H2,17,18,19). The van der Waals surface area contributed by atoms with E-state index < -0.39 is 0 Å². The summed E-state index contributed by atoms with van der Waals surface area (Å²) in [6.07, 6.45) is 1.08. The molecule has 2 aromatic rings. The van der Waals surface area contributed by atoms with Gasteiger partial charge in [0.2, 0.25) is 0 Å². The van der Waals surface area contributed by atoms with Crippen LogP contribution in [-0.4, -0.2) is 24.0 Å². The first-order chi connectivity index (χ1) is 10.3. The van der Waals surface area contributed by atoms with Crippen LogP contribution in [0.5, 0.6) is 0 Å². The molecule has 0 amide bonds. The van der Waals surface area contributed by atoms with E-state index in [9.17, 15) is 0 Å². The highest BCUT2D eigenvalue weighted by Gasteiger charge is 2.04. The Morgan fingerprint density at radius 3 is 2.71 bits per heavy atom. The Morgan fingerprint density at radius 2 is 2.00 bits per heavy atom. The van der Waals surface area contributed by atoms with E-state index in [0.29, 0.717) is 6.54 Å². The van der Waals surface area contributed by atoms with Gasteiger partial charge in [-0.2, -0.15) is 0 Å². The normalized spacial score (nSPS) is 11.4. The molecule has 1 aromatic carbocycles. The van der Waals surface area contributed by atoms with E-state index in [1.54, 1.807) is 11.3 Å². The first kappa shape index (κ1) is 15.5. The van der Waals surface area contributed by atoms with Gasteiger partial charge in [0.25, 0.3) is 0 Å². The lowest BCUT2D eigenvalue weighted by Crippen LogP contribution is -2.37. The quantitative estimate of drug-likeness (QED) is 0.636. The lowest BCUT2D eigenvalue weighted by Gasteiger charge is -2.09. The second kappa shape index (κ2) is 8.42. The molecule has 0 bridgehead atoms. The molecule has 0 aliphatic rings.